The van der Waals surface area contributed by atoms with Gasteiger partial charge in [-0.15, -0.1) is 5.16 Å². The minimum Gasteiger partial charge on any atom is -0.497 e. The van der Waals surface area contributed by atoms with Crippen molar-refractivity contribution in [3.63, 3.8) is 0 Å². The number of nitrogens with zero attached hydrogens (tertiary/aromatic N) is 1. The van der Waals surface area contributed by atoms with Crippen LogP contribution in [0.15, 0.2) is 54.2 Å². The van der Waals surface area contributed by atoms with Crippen molar-refractivity contribution in [2.45, 2.75) is 12.3 Å². The van der Waals surface area contributed by atoms with Crippen molar-refractivity contribution in [2.24, 2.45) is 5.16 Å². The lowest BCUT2D eigenvalue weighted by molar-refractivity contribution is 0.319. The summed E-state index contributed by atoms with van der Waals surface area (Å²) in [5, 5.41) is 12.2. The number of methoxy groups -OCH3 is 1. The Morgan fingerprint density at radius 3 is 2.81 bits per heavy atom. The van der Waals surface area contributed by atoms with Crippen molar-refractivity contribution >= 4 is 11.8 Å². The van der Waals surface area contributed by atoms with Crippen molar-refractivity contribution in [1.82, 2.24) is 0 Å². The van der Waals surface area contributed by atoms with Gasteiger partial charge >= 0.3 is 0 Å². The highest BCUT2D eigenvalue weighted by molar-refractivity contribution is 5.86. The van der Waals surface area contributed by atoms with E-state index < -0.39 is 0 Å². The molecule has 0 bridgehead atoms. The van der Waals surface area contributed by atoms with Crippen LogP contribution in [0.1, 0.15) is 28.2 Å². The molecule has 0 fully saturated rings. The van der Waals surface area contributed by atoms with Crippen LogP contribution in [0.2, 0.25) is 0 Å². The highest BCUT2D eigenvalue weighted by Crippen LogP contribution is 2.38. The maximum absolute atomic E-state index is 8.97. The first-order valence-corrected chi connectivity index (χ1v) is 6.87. The van der Waals surface area contributed by atoms with E-state index >= 15 is 0 Å². The van der Waals surface area contributed by atoms with Crippen LogP contribution >= 0.6 is 0 Å². The second-order valence-corrected chi connectivity index (χ2v) is 5.16. The minimum atomic E-state index is 0.0244. The molecular formula is C18H17NO2. The number of rotatable bonds is 2. The van der Waals surface area contributed by atoms with Crippen molar-refractivity contribution in [1.29, 1.82) is 0 Å². The van der Waals surface area contributed by atoms with Crippen LogP contribution < -0.4 is 4.74 Å². The van der Waals surface area contributed by atoms with Gasteiger partial charge in [-0.1, -0.05) is 36.9 Å². The number of hydrogen-bond acceptors (Lipinski definition) is 3. The summed E-state index contributed by atoms with van der Waals surface area (Å²) in [6.45, 7) is 4.26. The van der Waals surface area contributed by atoms with Gasteiger partial charge in [0.1, 0.15) is 5.75 Å². The predicted molar refractivity (Wildman–Crippen MR) is 84.3 cm³/mol. The Morgan fingerprint density at radius 1 is 1.24 bits per heavy atom. The molecule has 1 atom stereocenters. The van der Waals surface area contributed by atoms with Gasteiger partial charge in [-0.25, -0.2) is 0 Å². The monoisotopic (exact) mass is 279 g/mol. The Labute approximate surface area is 124 Å². The summed E-state index contributed by atoms with van der Waals surface area (Å²) < 4.78 is 5.32. The Hall–Kier alpha value is -2.55. The Morgan fingerprint density at radius 2 is 2.05 bits per heavy atom. The number of ether oxygens (including phenoxy) is 1. The largest absolute Gasteiger partial charge is 0.497 e. The molecule has 0 saturated carbocycles. The standard InChI is InChI=1S/C18H17NO2/c1-12-16-8-7-15(21-2)10-13(16)9-14(11-19-20)18-6-4-3-5-17(12)18/h3-8,10-11,14,20H,1,9H2,2H3/b19-11-. The van der Waals surface area contributed by atoms with Gasteiger partial charge in [0.25, 0.3) is 0 Å². The molecule has 0 radical (unpaired) electrons. The quantitative estimate of drug-likeness (QED) is 0.515. The topological polar surface area (TPSA) is 41.8 Å². The maximum atomic E-state index is 8.97. The first-order valence-electron chi connectivity index (χ1n) is 6.87. The van der Waals surface area contributed by atoms with E-state index in [2.05, 4.69) is 23.9 Å². The third-order valence-electron chi connectivity index (χ3n) is 4.01. The van der Waals surface area contributed by atoms with Gasteiger partial charge in [-0.05, 0) is 46.4 Å². The summed E-state index contributed by atoms with van der Waals surface area (Å²) in [6.07, 6.45) is 2.34. The van der Waals surface area contributed by atoms with Crippen LogP contribution in [0.3, 0.4) is 0 Å². The smallest absolute Gasteiger partial charge is 0.119 e. The van der Waals surface area contributed by atoms with Gasteiger partial charge in [-0.3, -0.25) is 0 Å². The number of hydrogen-bond donors (Lipinski definition) is 1. The van der Waals surface area contributed by atoms with Crippen LogP contribution in [-0.4, -0.2) is 18.5 Å². The predicted octanol–water partition coefficient (Wildman–Crippen LogP) is 3.86. The second kappa shape index (κ2) is 5.44. The molecule has 1 aliphatic rings. The summed E-state index contributed by atoms with van der Waals surface area (Å²) in [4.78, 5) is 0. The van der Waals surface area contributed by atoms with E-state index in [4.69, 9.17) is 9.94 Å². The van der Waals surface area contributed by atoms with Crippen LogP contribution in [0.5, 0.6) is 5.75 Å². The van der Waals surface area contributed by atoms with E-state index in [1.165, 1.54) is 0 Å². The number of oxime groups is 1. The fourth-order valence-corrected chi connectivity index (χ4v) is 2.96. The van der Waals surface area contributed by atoms with Crippen LogP contribution in [0, 0.1) is 0 Å². The van der Waals surface area contributed by atoms with Crippen LogP contribution in [0.25, 0.3) is 5.57 Å². The van der Waals surface area contributed by atoms with Crippen molar-refractivity contribution in [3.8, 4) is 5.75 Å². The minimum absolute atomic E-state index is 0.0244. The third-order valence-corrected chi connectivity index (χ3v) is 4.01. The molecule has 21 heavy (non-hydrogen) atoms. The van der Waals surface area contributed by atoms with Crippen molar-refractivity contribution in [3.05, 3.63) is 71.3 Å². The number of fused-ring (bicyclic) bond motifs is 2. The van der Waals surface area contributed by atoms with Gasteiger partial charge in [0.2, 0.25) is 0 Å². The second-order valence-electron chi connectivity index (χ2n) is 5.16. The van der Waals surface area contributed by atoms with E-state index in [-0.39, 0.29) is 5.92 Å². The zero-order valence-corrected chi connectivity index (χ0v) is 11.9. The number of benzene rings is 2. The van der Waals surface area contributed by atoms with E-state index in [0.29, 0.717) is 0 Å². The molecule has 2 aromatic carbocycles. The summed E-state index contributed by atoms with van der Waals surface area (Å²) in [5.41, 5.74) is 5.51. The molecular weight excluding hydrogens is 262 g/mol. The molecule has 3 heteroatoms. The highest BCUT2D eigenvalue weighted by Gasteiger charge is 2.23. The Kier molecular flexibility index (Phi) is 3.48. The van der Waals surface area contributed by atoms with Gasteiger partial charge in [0.15, 0.2) is 0 Å². The van der Waals surface area contributed by atoms with Crippen molar-refractivity contribution < 1.29 is 9.94 Å². The molecule has 106 valence electrons. The summed E-state index contributed by atoms with van der Waals surface area (Å²) in [6, 6.07) is 14.2. The van der Waals surface area contributed by atoms with Gasteiger partial charge in [-0.2, -0.15) is 0 Å². The zero-order valence-electron chi connectivity index (χ0n) is 11.9. The van der Waals surface area contributed by atoms with E-state index in [9.17, 15) is 0 Å². The average molecular weight is 279 g/mol. The van der Waals surface area contributed by atoms with E-state index in [0.717, 1.165) is 40.0 Å². The molecule has 0 heterocycles. The lowest BCUT2D eigenvalue weighted by atomic mass is 9.92. The van der Waals surface area contributed by atoms with E-state index in [1.807, 2.05) is 30.3 Å². The molecule has 0 aromatic heterocycles. The summed E-state index contributed by atoms with van der Waals surface area (Å²) in [7, 11) is 1.66. The van der Waals surface area contributed by atoms with Gasteiger partial charge < -0.3 is 9.94 Å². The summed E-state index contributed by atoms with van der Waals surface area (Å²) >= 11 is 0. The van der Waals surface area contributed by atoms with Crippen LogP contribution in [-0.2, 0) is 6.42 Å². The SMILES string of the molecule is C=C1c2ccc(OC)cc2CC(/C=N\O)c2ccccc21. The Bertz CT molecular complexity index is 719. The Balaban J connectivity index is 2.21. The van der Waals surface area contributed by atoms with Gasteiger partial charge in [0, 0.05) is 5.92 Å². The zero-order chi connectivity index (χ0) is 14.8. The molecule has 1 unspecified atom stereocenters. The molecule has 3 rings (SSSR count). The average Bonchev–Trinajstić information content (AvgIpc) is 2.64. The molecule has 3 nitrogen and oxygen atoms in total. The lowest BCUT2D eigenvalue weighted by Crippen LogP contribution is -2.05. The van der Waals surface area contributed by atoms with Crippen molar-refractivity contribution in [2.75, 3.05) is 7.11 Å². The first kappa shape index (κ1) is 13.4. The molecule has 0 aliphatic heterocycles. The summed E-state index contributed by atoms with van der Waals surface area (Å²) in [5.74, 6) is 0.850. The van der Waals surface area contributed by atoms with Crippen LogP contribution in [0.4, 0.5) is 0 Å². The molecule has 0 amide bonds. The lowest BCUT2D eigenvalue weighted by Gasteiger charge is -2.12. The molecule has 1 N–H and O–H groups in total. The fourth-order valence-electron chi connectivity index (χ4n) is 2.96. The molecule has 1 aliphatic carbocycles. The fraction of sp³-hybridized carbons (Fsp3) is 0.167. The molecule has 2 aromatic rings. The molecule has 0 saturated heterocycles. The van der Waals surface area contributed by atoms with Gasteiger partial charge in [0.05, 0.1) is 13.3 Å². The molecule has 0 spiro atoms. The highest BCUT2D eigenvalue weighted by atomic mass is 16.5. The maximum Gasteiger partial charge on any atom is 0.119 e. The third kappa shape index (κ3) is 2.31. The first-order chi connectivity index (χ1) is 10.2. The van der Waals surface area contributed by atoms with E-state index in [1.54, 1.807) is 13.3 Å². The normalized spacial score (nSPS) is 17.2.